The van der Waals surface area contributed by atoms with Crippen LogP contribution in [0.15, 0.2) is 49.0 Å². The van der Waals surface area contributed by atoms with Gasteiger partial charge in [-0.25, -0.2) is 0 Å². The molecule has 0 aliphatic carbocycles. The number of aryl methyl sites for hydroxylation is 3. The van der Waals surface area contributed by atoms with Crippen molar-refractivity contribution in [2.45, 2.75) is 53.4 Å². The summed E-state index contributed by atoms with van der Waals surface area (Å²) in [4.78, 5) is 0. The highest BCUT2D eigenvalue weighted by Crippen LogP contribution is 2.30. The molecule has 140 valence electrons. The number of nitrogens with two attached hydrogens (primary N) is 1. The molecule has 3 aromatic carbocycles. The number of hydrogen-bond acceptors (Lipinski definition) is 1. The van der Waals surface area contributed by atoms with Gasteiger partial charge in [0.2, 0.25) is 0 Å². The molecule has 3 aromatic rings. The molecule has 0 radical (unpaired) electrons. The molecule has 0 heterocycles. The summed E-state index contributed by atoms with van der Waals surface area (Å²) in [5.74, 6) is 0.477. The van der Waals surface area contributed by atoms with Gasteiger partial charge >= 0.3 is 0 Å². The van der Waals surface area contributed by atoms with Crippen LogP contribution in [0.25, 0.3) is 16.5 Å². The van der Waals surface area contributed by atoms with E-state index < -0.39 is 0 Å². The fourth-order valence-electron chi connectivity index (χ4n) is 4.14. The lowest BCUT2D eigenvalue weighted by atomic mass is 9.88. The summed E-state index contributed by atoms with van der Waals surface area (Å²) in [6.45, 7) is 15.1. The Morgan fingerprint density at radius 3 is 2.33 bits per heavy atom. The van der Waals surface area contributed by atoms with E-state index in [4.69, 9.17) is 5.73 Å². The Kier molecular flexibility index (Phi) is 5.41. The van der Waals surface area contributed by atoms with Gasteiger partial charge in [0, 0.05) is 11.3 Å². The molecule has 3 rings (SSSR count). The number of benzene rings is 3. The Labute approximate surface area is 163 Å². The Balaban J connectivity index is 2.15. The SMILES string of the molecule is C=C(N)c1cc(C(C)C)c(C)cc1Cc1cccc2cc(C)c(CC)cc12. The Hall–Kier alpha value is -2.54. The molecule has 0 fully saturated rings. The zero-order chi connectivity index (χ0) is 19.7. The molecule has 2 N–H and O–H groups in total. The third kappa shape index (κ3) is 3.78. The molecule has 0 atom stereocenters. The molecule has 0 saturated heterocycles. The molecular formula is C26H31N. The van der Waals surface area contributed by atoms with Gasteiger partial charge in [0.1, 0.15) is 0 Å². The van der Waals surface area contributed by atoms with Gasteiger partial charge in [-0.3, -0.25) is 0 Å². The van der Waals surface area contributed by atoms with E-state index in [1.807, 2.05) is 0 Å². The summed E-state index contributed by atoms with van der Waals surface area (Å²) in [6, 6.07) is 15.8. The van der Waals surface area contributed by atoms with Gasteiger partial charge in [0.15, 0.2) is 0 Å². The van der Waals surface area contributed by atoms with Crippen LogP contribution < -0.4 is 5.73 Å². The summed E-state index contributed by atoms with van der Waals surface area (Å²) in [6.07, 6.45) is 1.93. The third-order valence-corrected chi connectivity index (χ3v) is 5.65. The van der Waals surface area contributed by atoms with Gasteiger partial charge in [-0.1, -0.05) is 63.7 Å². The minimum absolute atomic E-state index is 0.477. The van der Waals surface area contributed by atoms with E-state index in [0.29, 0.717) is 11.6 Å². The van der Waals surface area contributed by atoms with Crippen LogP contribution in [0.5, 0.6) is 0 Å². The fraction of sp³-hybridized carbons (Fsp3) is 0.308. The van der Waals surface area contributed by atoms with Gasteiger partial charge in [0.25, 0.3) is 0 Å². The van der Waals surface area contributed by atoms with Crippen molar-refractivity contribution in [2.75, 3.05) is 0 Å². The standard InChI is InChI=1S/C26H31N/c1-7-20-14-26-21(11-17(20)4)9-8-10-22(26)13-23-12-18(5)24(16(2)3)15-25(23)19(6)27/h8-12,14-16H,6-7,13,27H2,1-5H3. The predicted molar refractivity (Wildman–Crippen MR) is 119 cm³/mol. The van der Waals surface area contributed by atoms with E-state index in [1.165, 1.54) is 44.2 Å². The topological polar surface area (TPSA) is 26.0 Å². The predicted octanol–water partition coefficient (Wildman–Crippen LogP) is 6.66. The lowest BCUT2D eigenvalue weighted by Gasteiger charge is -2.18. The van der Waals surface area contributed by atoms with Crippen molar-refractivity contribution < 1.29 is 0 Å². The van der Waals surface area contributed by atoms with Crippen LogP contribution in [0, 0.1) is 13.8 Å². The molecule has 0 aliphatic rings. The fourth-order valence-corrected chi connectivity index (χ4v) is 4.14. The molecule has 0 saturated carbocycles. The maximum atomic E-state index is 6.17. The van der Waals surface area contributed by atoms with Crippen molar-refractivity contribution in [3.8, 4) is 0 Å². The Morgan fingerprint density at radius 2 is 1.70 bits per heavy atom. The summed E-state index contributed by atoms with van der Waals surface area (Å²) >= 11 is 0. The number of fused-ring (bicyclic) bond motifs is 1. The second-order valence-electron chi connectivity index (χ2n) is 7.99. The van der Waals surface area contributed by atoms with E-state index in [9.17, 15) is 0 Å². The first-order chi connectivity index (χ1) is 12.8. The largest absolute Gasteiger partial charge is 0.399 e. The van der Waals surface area contributed by atoms with Gasteiger partial charge in [0.05, 0.1) is 0 Å². The zero-order valence-corrected chi connectivity index (χ0v) is 17.3. The maximum absolute atomic E-state index is 6.17. The molecular weight excluding hydrogens is 326 g/mol. The first kappa shape index (κ1) is 19.2. The van der Waals surface area contributed by atoms with E-state index in [2.05, 4.69) is 83.7 Å². The summed E-state index contributed by atoms with van der Waals surface area (Å²) in [5.41, 5.74) is 16.0. The van der Waals surface area contributed by atoms with Crippen LogP contribution >= 0.6 is 0 Å². The van der Waals surface area contributed by atoms with Gasteiger partial charge in [-0.2, -0.15) is 0 Å². The Morgan fingerprint density at radius 1 is 0.963 bits per heavy atom. The lowest BCUT2D eigenvalue weighted by molar-refractivity contribution is 0.853. The van der Waals surface area contributed by atoms with Crippen LogP contribution in [-0.2, 0) is 12.8 Å². The monoisotopic (exact) mass is 357 g/mol. The smallest absolute Gasteiger partial charge is 0.0317 e. The highest BCUT2D eigenvalue weighted by Gasteiger charge is 2.13. The molecule has 0 unspecified atom stereocenters. The van der Waals surface area contributed by atoms with E-state index >= 15 is 0 Å². The van der Waals surface area contributed by atoms with E-state index in [0.717, 1.165) is 18.4 Å². The Bertz CT molecular complexity index is 1010. The van der Waals surface area contributed by atoms with Crippen molar-refractivity contribution >= 4 is 16.5 Å². The van der Waals surface area contributed by atoms with Crippen LogP contribution in [0.4, 0.5) is 0 Å². The average Bonchev–Trinajstić information content (AvgIpc) is 2.60. The second-order valence-corrected chi connectivity index (χ2v) is 7.99. The molecule has 0 spiro atoms. The molecule has 0 aliphatic heterocycles. The van der Waals surface area contributed by atoms with E-state index in [-0.39, 0.29) is 0 Å². The first-order valence-electron chi connectivity index (χ1n) is 9.91. The summed E-state index contributed by atoms with van der Waals surface area (Å²) < 4.78 is 0. The van der Waals surface area contributed by atoms with Crippen LogP contribution in [-0.4, -0.2) is 0 Å². The molecule has 27 heavy (non-hydrogen) atoms. The van der Waals surface area contributed by atoms with Crippen molar-refractivity contribution in [1.82, 2.24) is 0 Å². The lowest BCUT2D eigenvalue weighted by Crippen LogP contribution is -2.05. The summed E-state index contributed by atoms with van der Waals surface area (Å²) in [5, 5.41) is 2.66. The minimum Gasteiger partial charge on any atom is -0.399 e. The number of rotatable bonds is 5. The second kappa shape index (κ2) is 7.60. The maximum Gasteiger partial charge on any atom is 0.0317 e. The average molecular weight is 358 g/mol. The third-order valence-electron chi connectivity index (χ3n) is 5.65. The van der Waals surface area contributed by atoms with Crippen molar-refractivity contribution in [3.05, 3.63) is 88.0 Å². The quantitative estimate of drug-likeness (QED) is 0.542. The zero-order valence-electron chi connectivity index (χ0n) is 17.3. The van der Waals surface area contributed by atoms with Crippen LogP contribution in [0.2, 0.25) is 0 Å². The van der Waals surface area contributed by atoms with Gasteiger partial charge in [-0.15, -0.1) is 0 Å². The summed E-state index contributed by atoms with van der Waals surface area (Å²) in [7, 11) is 0. The molecule has 0 amide bonds. The highest BCUT2D eigenvalue weighted by atomic mass is 14.6. The van der Waals surface area contributed by atoms with Crippen LogP contribution in [0.1, 0.15) is 65.6 Å². The molecule has 0 bridgehead atoms. The number of hydrogen-bond donors (Lipinski definition) is 1. The van der Waals surface area contributed by atoms with Crippen molar-refractivity contribution in [1.29, 1.82) is 0 Å². The minimum atomic E-state index is 0.477. The van der Waals surface area contributed by atoms with Crippen molar-refractivity contribution in [3.63, 3.8) is 0 Å². The van der Waals surface area contributed by atoms with E-state index in [1.54, 1.807) is 0 Å². The van der Waals surface area contributed by atoms with Crippen LogP contribution in [0.3, 0.4) is 0 Å². The molecule has 0 aromatic heterocycles. The van der Waals surface area contributed by atoms with Gasteiger partial charge in [-0.05, 0) is 82.8 Å². The molecule has 1 heteroatoms. The molecule has 1 nitrogen and oxygen atoms in total. The first-order valence-corrected chi connectivity index (χ1v) is 9.91. The van der Waals surface area contributed by atoms with Crippen molar-refractivity contribution in [2.24, 2.45) is 5.73 Å². The normalized spacial score (nSPS) is 11.3. The highest BCUT2D eigenvalue weighted by molar-refractivity contribution is 5.87. The van der Waals surface area contributed by atoms with Gasteiger partial charge < -0.3 is 5.73 Å².